The molecular formula is C25H30Cl2N2O2. The first kappa shape index (κ1) is 23.6. The second kappa shape index (κ2) is 11.5. The molecule has 4 nitrogen and oxygen atoms in total. The molecule has 31 heavy (non-hydrogen) atoms. The Morgan fingerprint density at radius 3 is 2.39 bits per heavy atom. The van der Waals surface area contributed by atoms with Crippen LogP contribution >= 0.6 is 23.2 Å². The van der Waals surface area contributed by atoms with Crippen LogP contribution in [0.2, 0.25) is 10.0 Å². The lowest BCUT2D eigenvalue weighted by molar-refractivity contribution is -0.141. The van der Waals surface area contributed by atoms with Crippen LogP contribution in [0.25, 0.3) is 0 Å². The van der Waals surface area contributed by atoms with E-state index in [0.29, 0.717) is 29.4 Å². The normalized spacial score (nSPS) is 15.3. The van der Waals surface area contributed by atoms with Crippen LogP contribution in [-0.2, 0) is 22.6 Å². The molecule has 0 heterocycles. The first-order valence-corrected chi connectivity index (χ1v) is 11.8. The molecule has 1 aliphatic carbocycles. The number of rotatable bonds is 8. The summed E-state index contributed by atoms with van der Waals surface area (Å²) in [4.78, 5) is 27.8. The van der Waals surface area contributed by atoms with E-state index in [9.17, 15) is 9.59 Å². The minimum absolute atomic E-state index is 0.0544. The molecular weight excluding hydrogens is 431 g/mol. The highest BCUT2D eigenvalue weighted by Gasteiger charge is 2.28. The van der Waals surface area contributed by atoms with E-state index in [-0.39, 0.29) is 17.9 Å². The molecule has 1 fully saturated rings. The van der Waals surface area contributed by atoms with Gasteiger partial charge in [0.25, 0.3) is 0 Å². The van der Waals surface area contributed by atoms with Crippen LogP contribution in [0, 0.1) is 0 Å². The Morgan fingerprint density at radius 1 is 1.00 bits per heavy atom. The molecule has 6 heteroatoms. The number of hydrogen-bond acceptors (Lipinski definition) is 2. The van der Waals surface area contributed by atoms with Gasteiger partial charge in [-0.25, -0.2) is 0 Å². The van der Waals surface area contributed by atoms with E-state index in [1.165, 1.54) is 6.42 Å². The smallest absolute Gasteiger partial charge is 0.242 e. The average Bonchev–Trinajstić information content (AvgIpc) is 2.79. The lowest BCUT2D eigenvalue weighted by Crippen LogP contribution is -2.50. The summed E-state index contributed by atoms with van der Waals surface area (Å²) in [6, 6.07) is 14.9. The summed E-state index contributed by atoms with van der Waals surface area (Å²) in [6.07, 6.45) is 6.50. The lowest BCUT2D eigenvalue weighted by Gasteiger charge is -2.31. The van der Waals surface area contributed by atoms with Gasteiger partial charge in [-0.15, -0.1) is 0 Å². The minimum Gasteiger partial charge on any atom is -0.352 e. The van der Waals surface area contributed by atoms with Crippen molar-refractivity contribution in [1.29, 1.82) is 0 Å². The number of amides is 2. The maximum absolute atomic E-state index is 13.2. The van der Waals surface area contributed by atoms with Gasteiger partial charge in [0.2, 0.25) is 11.8 Å². The number of hydrogen-bond donors (Lipinski definition) is 1. The fraction of sp³-hybridized carbons (Fsp3) is 0.440. The summed E-state index contributed by atoms with van der Waals surface area (Å²) < 4.78 is 0. The molecule has 0 spiro atoms. The molecule has 0 saturated heterocycles. The van der Waals surface area contributed by atoms with Gasteiger partial charge in [-0.2, -0.15) is 0 Å². The molecule has 0 aliphatic heterocycles. The van der Waals surface area contributed by atoms with Gasteiger partial charge in [-0.05, 0) is 49.4 Å². The summed E-state index contributed by atoms with van der Waals surface area (Å²) in [5.41, 5.74) is 1.95. The Labute approximate surface area is 194 Å². The molecule has 0 radical (unpaired) electrons. The molecule has 1 atom stereocenters. The fourth-order valence-corrected chi connectivity index (χ4v) is 4.35. The maximum atomic E-state index is 13.2. The predicted molar refractivity (Wildman–Crippen MR) is 126 cm³/mol. The zero-order valence-electron chi connectivity index (χ0n) is 17.9. The molecule has 2 aromatic carbocycles. The van der Waals surface area contributed by atoms with Crippen molar-refractivity contribution < 1.29 is 9.59 Å². The van der Waals surface area contributed by atoms with Crippen molar-refractivity contribution in [2.45, 2.75) is 70.5 Å². The quantitative estimate of drug-likeness (QED) is 0.541. The zero-order valence-corrected chi connectivity index (χ0v) is 19.5. The Balaban J connectivity index is 1.72. The Bertz CT molecular complexity index is 882. The van der Waals surface area contributed by atoms with E-state index < -0.39 is 6.04 Å². The predicted octanol–water partition coefficient (Wildman–Crippen LogP) is 5.79. The van der Waals surface area contributed by atoms with Crippen LogP contribution in [0.4, 0.5) is 0 Å². The van der Waals surface area contributed by atoms with E-state index in [0.717, 1.165) is 36.8 Å². The molecule has 1 saturated carbocycles. The second-order valence-electron chi connectivity index (χ2n) is 8.28. The topological polar surface area (TPSA) is 49.4 Å². The summed E-state index contributed by atoms with van der Waals surface area (Å²) in [6.45, 7) is 2.11. The Hall–Kier alpha value is -2.04. The molecule has 3 rings (SSSR count). The average molecular weight is 461 g/mol. The van der Waals surface area contributed by atoms with Crippen molar-refractivity contribution in [2.75, 3.05) is 0 Å². The number of carbonyl (C=O) groups is 2. The van der Waals surface area contributed by atoms with E-state index in [1.807, 2.05) is 36.4 Å². The van der Waals surface area contributed by atoms with Crippen LogP contribution < -0.4 is 5.32 Å². The highest BCUT2D eigenvalue weighted by molar-refractivity contribution is 6.42. The van der Waals surface area contributed by atoms with E-state index in [2.05, 4.69) is 5.32 Å². The molecule has 1 N–H and O–H groups in total. The number of benzene rings is 2. The second-order valence-corrected chi connectivity index (χ2v) is 9.09. The maximum Gasteiger partial charge on any atom is 0.242 e. The van der Waals surface area contributed by atoms with Crippen LogP contribution in [0.1, 0.15) is 56.6 Å². The van der Waals surface area contributed by atoms with Crippen LogP contribution in [0.3, 0.4) is 0 Å². The highest BCUT2D eigenvalue weighted by Crippen LogP contribution is 2.24. The van der Waals surface area contributed by atoms with Gasteiger partial charge in [0.15, 0.2) is 0 Å². The van der Waals surface area contributed by atoms with Crippen LogP contribution in [0.15, 0.2) is 48.5 Å². The van der Waals surface area contributed by atoms with E-state index in [1.54, 1.807) is 24.0 Å². The fourth-order valence-electron chi connectivity index (χ4n) is 4.03. The highest BCUT2D eigenvalue weighted by atomic mass is 35.5. The first-order valence-electron chi connectivity index (χ1n) is 11.0. The first-order chi connectivity index (χ1) is 14.9. The number of nitrogens with one attached hydrogen (secondary N) is 1. The number of aryl methyl sites for hydroxylation is 1. The standard InChI is InChI=1S/C25H30Cl2N2O2/c1-18(25(31)28-21-10-6-3-7-11-21)29(17-20-12-14-22(26)23(27)16-20)24(30)15-13-19-8-4-2-5-9-19/h2,4-5,8-9,12,14,16,18,21H,3,6-7,10-11,13,15,17H2,1H3,(H,28,31)/t18-/m0/s1. The van der Waals surface area contributed by atoms with Crippen LogP contribution in [-0.4, -0.2) is 28.8 Å². The van der Waals surface area contributed by atoms with Gasteiger partial charge >= 0.3 is 0 Å². The summed E-state index contributed by atoms with van der Waals surface area (Å²) >= 11 is 12.2. The molecule has 2 aromatic rings. The van der Waals surface area contributed by atoms with Crippen molar-refractivity contribution in [3.63, 3.8) is 0 Å². The number of halogens is 2. The Kier molecular flexibility index (Phi) is 8.79. The van der Waals surface area contributed by atoms with Gasteiger partial charge in [-0.3, -0.25) is 9.59 Å². The van der Waals surface area contributed by atoms with Gasteiger partial charge in [0.1, 0.15) is 6.04 Å². The number of nitrogens with zero attached hydrogens (tertiary/aromatic N) is 1. The molecule has 0 bridgehead atoms. The van der Waals surface area contributed by atoms with E-state index >= 15 is 0 Å². The zero-order chi connectivity index (χ0) is 22.2. The lowest BCUT2D eigenvalue weighted by atomic mass is 9.95. The minimum atomic E-state index is -0.570. The van der Waals surface area contributed by atoms with Gasteiger partial charge < -0.3 is 10.2 Å². The van der Waals surface area contributed by atoms with Crippen molar-refractivity contribution in [1.82, 2.24) is 10.2 Å². The van der Waals surface area contributed by atoms with Gasteiger partial charge in [-0.1, -0.05) is 78.9 Å². The van der Waals surface area contributed by atoms with Gasteiger partial charge in [0.05, 0.1) is 10.0 Å². The number of carbonyl (C=O) groups excluding carboxylic acids is 2. The third-order valence-electron chi connectivity index (χ3n) is 5.93. The van der Waals surface area contributed by atoms with Crippen molar-refractivity contribution >= 4 is 35.0 Å². The third-order valence-corrected chi connectivity index (χ3v) is 6.67. The van der Waals surface area contributed by atoms with Crippen LogP contribution in [0.5, 0.6) is 0 Å². The van der Waals surface area contributed by atoms with E-state index in [4.69, 9.17) is 23.2 Å². The third kappa shape index (κ3) is 6.98. The van der Waals surface area contributed by atoms with Crippen molar-refractivity contribution in [3.8, 4) is 0 Å². The molecule has 2 amide bonds. The molecule has 1 aliphatic rings. The molecule has 0 unspecified atom stereocenters. The molecule has 166 valence electrons. The summed E-state index contributed by atoms with van der Waals surface area (Å²) in [7, 11) is 0. The Morgan fingerprint density at radius 2 is 1.71 bits per heavy atom. The van der Waals surface area contributed by atoms with Crippen molar-refractivity contribution in [2.24, 2.45) is 0 Å². The SMILES string of the molecule is C[C@@H](C(=O)NC1CCCCC1)N(Cc1ccc(Cl)c(Cl)c1)C(=O)CCc1ccccc1. The van der Waals surface area contributed by atoms with Gasteiger partial charge in [0, 0.05) is 19.0 Å². The largest absolute Gasteiger partial charge is 0.352 e. The summed E-state index contributed by atoms with van der Waals surface area (Å²) in [5.74, 6) is -0.152. The van der Waals surface area contributed by atoms with Crippen molar-refractivity contribution in [3.05, 3.63) is 69.7 Å². The monoisotopic (exact) mass is 460 g/mol. The summed E-state index contributed by atoms with van der Waals surface area (Å²) in [5, 5.41) is 4.06. The molecule has 0 aromatic heterocycles.